The van der Waals surface area contributed by atoms with E-state index in [0.29, 0.717) is 0 Å². The van der Waals surface area contributed by atoms with Crippen LogP contribution in [0.2, 0.25) is 0 Å². The third-order valence-corrected chi connectivity index (χ3v) is 15.0. The van der Waals surface area contributed by atoms with Crippen molar-refractivity contribution in [1.29, 1.82) is 0 Å². The largest absolute Gasteiger partial charge is 0.310 e. The molecule has 12 aromatic carbocycles. The van der Waals surface area contributed by atoms with Crippen LogP contribution in [0.25, 0.3) is 82.4 Å². The van der Waals surface area contributed by atoms with E-state index in [9.17, 15) is 0 Å². The van der Waals surface area contributed by atoms with Crippen LogP contribution in [0, 0.1) is 0 Å². The predicted octanol–water partition coefficient (Wildman–Crippen LogP) is 18.3. The van der Waals surface area contributed by atoms with Crippen LogP contribution in [-0.4, -0.2) is 4.57 Å². The van der Waals surface area contributed by atoms with E-state index in [1.165, 1.54) is 99.0 Å². The summed E-state index contributed by atoms with van der Waals surface area (Å²) in [5, 5.41) is 7.39. The zero-order valence-electron chi connectivity index (χ0n) is 39.0. The fraction of sp³-hybridized carbons (Fsp3) is 0.0145. The third kappa shape index (κ3) is 6.57. The Balaban J connectivity index is 0.812. The van der Waals surface area contributed by atoms with Gasteiger partial charge in [0.25, 0.3) is 0 Å². The molecule has 1 aliphatic carbocycles. The quantitative estimate of drug-likeness (QED) is 0.147. The van der Waals surface area contributed by atoms with Crippen LogP contribution in [0.1, 0.15) is 22.3 Å². The molecule has 0 fully saturated rings. The van der Waals surface area contributed by atoms with Crippen molar-refractivity contribution in [1.82, 2.24) is 4.57 Å². The normalized spacial score (nSPS) is 12.6. The summed E-state index contributed by atoms with van der Waals surface area (Å²) in [6.45, 7) is 0. The van der Waals surface area contributed by atoms with Gasteiger partial charge in [-0.25, -0.2) is 0 Å². The minimum atomic E-state index is -0.431. The molecule has 1 aromatic heterocycles. The summed E-state index contributed by atoms with van der Waals surface area (Å²) in [4.78, 5) is 2.37. The maximum atomic E-state index is 2.45. The van der Waals surface area contributed by atoms with Crippen LogP contribution in [0.5, 0.6) is 0 Å². The highest BCUT2D eigenvalue weighted by atomic mass is 15.1. The predicted molar refractivity (Wildman–Crippen MR) is 299 cm³/mol. The highest BCUT2D eigenvalue weighted by Crippen LogP contribution is 2.56. The van der Waals surface area contributed by atoms with Gasteiger partial charge in [0.2, 0.25) is 0 Å². The second-order valence-electron chi connectivity index (χ2n) is 18.9. The topological polar surface area (TPSA) is 8.17 Å². The van der Waals surface area contributed by atoms with Crippen LogP contribution in [0.3, 0.4) is 0 Å². The first-order valence-corrected chi connectivity index (χ1v) is 24.6. The lowest BCUT2D eigenvalue weighted by atomic mass is 9.68. The maximum Gasteiger partial charge on any atom is 0.0713 e. The Morgan fingerprint density at radius 2 is 0.761 bits per heavy atom. The first kappa shape index (κ1) is 40.8. The molecule has 1 aliphatic rings. The summed E-state index contributed by atoms with van der Waals surface area (Å²) >= 11 is 0. The van der Waals surface area contributed by atoms with E-state index >= 15 is 0 Å². The molecule has 0 aliphatic heterocycles. The number of fused-ring (bicyclic) bond motifs is 8. The highest BCUT2D eigenvalue weighted by molar-refractivity contribution is 6.10. The van der Waals surface area contributed by atoms with Crippen molar-refractivity contribution in [2.24, 2.45) is 0 Å². The minimum absolute atomic E-state index is 0.431. The van der Waals surface area contributed by atoms with Crippen molar-refractivity contribution in [3.05, 3.63) is 301 Å². The molecule has 14 rings (SSSR count). The van der Waals surface area contributed by atoms with Crippen LogP contribution < -0.4 is 4.90 Å². The summed E-state index contributed by atoms with van der Waals surface area (Å²) in [5.74, 6) is 0. The molecule has 2 nitrogen and oxygen atoms in total. The summed E-state index contributed by atoms with van der Waals surface area (Å²) in [6.07, 6.45) is 0. The van der Waals surface area contributed by atoms with Gasteiger partial charge in [-0.1, -0.05) is 212 Å². The van der Waals surface area contributed by atoms with E-state index in [-0.39, 0.29) is 0 Å². The molecular weight excluding hydrogens is 857 g/mol. The van der Waals surface area contributed by atoms with Gasteiger partial charge in [0.05, 0.1) is 16.4 Å². The smallest absolute Gasteiger partial charge is 0.0713 e. The van der Waals surface area contributed by atoms with E-state index in [2.05, 4.69) is 289 Å². The molecular formula is C69H46N2. The van der Waals surface area contributed by atoms with Gasteiger partial charge in [0.15, 0.2) is 0 Å². The summed E-state index contributed by atoms with van der Waals surface area (Å²) < 4.78 is 2.45. The van der Waals surface area contributed by atoms with Crippen molar-refractivity contribution in [3.8, 4) is 39.1 Å². The van der Waals surface area contributed by atoms with Crippen molar-refractivity contribution < 1.29 is 0 Å². The van der Waals surface area contributed by atoms with Crippen LogP contribution in [0.4, 0.5) is 17.1 Å². The number of hydrogen-bond donors (Lipinski definition) is 0. The number of para-hydroxylation sites is 1. The SMILES string of the molecule is c1ccc(C2(c3ccccc3)c3ccccc3-c3cc(-n4c5ccccc5c5cc(-c6ccc(-c7ccc(N(c8ccc9ccccc9c8)c8ccc9ccccc9c8)cc7)cc6)ccc54)ccc32)cc1. The Labute approximate surface area is 413 Å². The first-order valence-electron chi connectivity index (χ1n) is 24.6. The van der Waals surface area contributed by atoms with Gasteiger partial charge in [-0.05, 0) is 144 Å². The van der Waals surface area contributed by atoms with Gasteiger partial charge in [0, 0.05) is 33.5 Å². The van der Waals surface area contributed by atoms with Crippen LogP contribution in [-0.2, 0) is 5.41 Å². The van der Waals surface area contributed by atoms with Crippen molar-refractivity contribution in [2.45, 2.75) is 5.41 Å². The lowest BCUT2D eigenvalue weighted by molar-refractivity contribution is 0.768. The molecule has 2 heteroatoms. The Morgan fingerprint density at radius 1 is 0.282 bits per heavy atom. The minimum Gasteiger partial charge on any atom is -0.310 e. The fourth-order valence-electron chi connectivity index (χ4n) is 11.7. The molecule has 0 bridgehead atoms. The molecule has 13 aromatic rings. The van der Waals surface area contributed by atoms with E-state index in [0.717, 1.165) is 22.7 Å². The van der Waals surface area contributed by atoms with E-state index < -0.39 is 5.41 Å². The van der Waals surface area contributed by atoms with Crippen LogP contribution in [0.15, 0.2) is 279 Å². The monoisotopic (exact) mass is 902 g/mol. The first-order chi connectivity index (χ1) is 35.2. The molecule has 0 spiro atoms. The third-order valence-electron chi connectivity index (χ3n) is 15.0. The van der Waals surface area contributed by atoms with Crippen molar-refractivity contribution >= 4 is 60.4 Å². The Hall–Kier alpha value is -9.24. The molecule has 1 heterocycles. The van der Waals surface area contributed by atoms with Crippen LogP contribution >= 0.6 is 0 Å². The highest BCUT2D eigenvalue weighted by Gasteiger charge is 2.46. The number of nitrogens with zero attached hydrogens (tertiary/aromatic N) is 2. The second kappa shape index (κ2) is 16.5. The summed E-state index contributed by atoms with van der Waals surface area (Å²) in [5.41, 5.74) is 19.0. The standard InChI is InChI=1S/C69H46N2/c1-3-19-55(20-4-1)69(56-21-5-2-6-22-56)65-25-13-11-23-61(65)63-46-60(40-41-66(63)69)71-67-26-14-12-24-62(67)64-45-54(35-42-68(64)71)51-29-27-49(28-30-51)50-31-36-57(37-32-50)70(58-38-33-47-15-7-9-17-52(47)43-58)59-39-34-48-16-8-10-18-53(48)44-59/h1-46H. The molecule has 0 N–H and O–H groups in total. The molecule has 0 unspecified atom stereocenters. The van der Waals surface area contributed by atoms with Gasteiger partial charge in [-0.15, -0.1) is 0 Å². The Kier molecular flexibility index (Phi) is 9.47. The second-order valence-corrected chi connectivity index (χ2v) is 18.9. The molecule has 71 heavy (non-hydrogen) atoms. The molecule has 0 radical (unpaired) electrons. The molecule has 0 amide bonds. The van der Waals surface area contributed by atoms with Gasteiger partial charge >= 0.3 is 0 Å². The van der Waals surface area contributed by atoms with E-state index in [4.69, 9.17) is 0 Å². The number of hydrogen-bond acceptors (Lipinski definition) is 1. The molecule has 332 valence electrons. The number of aromatic nitrogens is 1. The number of rotatable bonds is 8. The number of anilines is 3. The summed E-state index contributed by atoms with van der Waals surface area (Å²) in [6, 6.07) is 103. The van der Waals surface area contributed by atoms with Crippen molar-refractivity contribution in [3.63, 3.8) is 0 Å². The number of benzene rings is 12. The zero-order chi connectivity index (χ0) is 46.9. The lowest BCUT2D eigenvalue weighted by Crippen LogP contribution is -2.28. The maximum absolute atomic E-state index is 2.45. The van der Waals surface area contributed by atoms with E-state index in [1.807, 2.05) is 0 Å². The van der Waals surface area contributed by atoms with Gasteiger partial charge < -0.3 is 9.47 Å². The molecule has 0 atom stereocenters. The average Bonchev–Trinajstić information content (AvgIpc) is 3.94. The molecule has 0 saturated heterocycles. The Morgan fingerprint density at radius 3 is 1.41 bits per heavy atom. The van der Waals surface area contributed by atoms with Gasteiger partial charge in [-0.2, -0.15) is 0 Å². The fourth-order valence-corrected chi connectivity index (χ4v) is 11.7. The van der Waals surface area contributed by atoms with Gasteiger partial charge in [-0.3, -0.25) is 0 Å². The van der Waals surface area contributed by atoms with Gasteiger partial charge in [0.1, 0.15) is 0 Å². The molecule has 0 saturated carbocycles. The Bertz CT molecular complexity index is 4030. The van der Waals surface area contributed by atoms with E-state index in [1.54, 1.807) is 0 Å². The average molecular weight is 903 g/mol. The lowest BCUT2D eigenvalue weighted by Gasteiger charge is -2.33. The zero-order valence-corrected chi connectivity index (χ0v) is 39.0. The van der Waals surface area contributed by atoms with Crippen molar-refractivity contribution in [2.75, 3.05) is 4.90 Å². The summed E-state index contributed by atoms with van der Waals surface area (Å²) in [7, 11) is 0.